The van der Waals surface area contributed by atoms with E-state index >= 15 is 0 Å². The van der Waals surface area contributed by atoms with E-state index in [4.69, 9.17) is 0 Å². The number of aliphatic hydroxyl groups is 1. The molecule has 0 spiro atoms. The molecule has 4 amide bonds. The predicted octanol–water partition coefficient (Wildman–Crippen LogP) is -2.50. The summed E-state index contributed by atoms with van der Waals surface area (Å²) in [7, 11) is -1.47. The number of nitrogens with one attached hydrogen (secondary N) is 4. The minimum Gasteiger partial charge on any atom is -0.508 e. The summed E-state index contributed by atoms with van der Waals surface area (Å²) in [5.41, 5.74) is 0. The van der Waals surface area contributed by atoms with Gasteiger partial charge in [-0.2, -0.15) is 0 Å². The summed E-state index contributed by atoms with van der Waals surface area (Å²) in [5.74, 6) is -3.80. The van der Waals surface area contributed by atoms with E-state index in [1.807, 2.05) is 0 Å². The smallest absolute Gasteiger partial charge is 0.508 e. The molecule has 2 aliphatic rings. The highest BCUT2D eigenvalue weighted by Crippen LogP contribution is 2.28. The van der Waals surface area contributed by atoms with Gasteiger partial charge in [0.1, 0.15) is 12.1 Å². The summed E-state index contributed by atoms with van der Waals surface area (Å²) in [6.45, 7) is 2.14. The molecule has 0 aromatic heterocycles. The van der Waals surface area contributed by atoms with Gasteiger partial charge in [-0.1, -0.05) is 12.8 Å². The van der Waals surface area contributed by atoms with Crippen LogP contribution in [-0.4, -0.2) is 77.5 Å². The van der Waals surface area contributed by atoms with E-state index in [0.717, 1.165) is 25.7 Å². The quantitative estimate of drug-likeness (QED) is 0.207. The molecular formula is C19H31BN4O8. The maximum Gasteiger partial charge on any atom is 0.548 e. The molecule has 4 atom stereocenters. The molecule has 178 valence electrons. The third kappa shape index (κ3) is 7.48. The zero-order chi connectivity index (χ0) is 23.8. The van der Waals surface area contributed by atoms with Gasteiger partial charge in [0.05, 0.1) is 18.6 Å². The standard InChI is InChI=1S/C19H31BN4O8/c1-10(25)16(24-19(30)17(22-11(2)26)12-5-3-4-6-12)18(29)21-9-14(27)23-13-7-8-15(28)32-20(13)31/h10,12-13,16-17,25,31H,3-9H2,1-2H3,(H,21,29)(H,22,26)(H,23,27)(H,24,30)/t10?,13-,16-,17-/m0/s1. The molecule has 1 saturated carbocycles. The number of hydrogen-bond donors (Lipinski definition) is 6. The second kappa shape index (κ2) is 11.8. The first-order valence-corrected chi connectivity index (χ1v) is 10.8. The van der Waals surface area contributed by atoms with Gasteiger partial charge in [-0.15, -0.1) is 0 Å². The third-order valence-electron chi connectivity index (χ3n) is 5.60. The van der Waals surface area contributed by atoms with E-state index in [-0.39, 0.29) is 24.7 Å². The fourth-order valence-corrected chi connectivity index (χ4v) is 3.93. The summed E-state index contributed by atoms with van der Waals surface area (Å²) in [6, 6.07) is -2.16. The minimum atomic E-state index is -1.47. The van der Waals surface area contributed by atoms with Crippen molar-refractivity contribution in [3.8, 4) is 0 Å². The van der Waals surface area contributed by atoms with Gasteiger partial charge in [0.15, 0.2) is 0 Å². The molecule has 6 N–H and O–H groups in total. The summed E-state index contributed by atoms with van der Waals surface area (Å²) in [5, 5.41) is 29.5. The van der Waals surface area contributed by atoms with Crippen molar-refractivity contribution in [2.75, 3.05) is 6.54 Å². The number of aliphatic hydroxyl groups excluding tert-OH is 1. The van der Waals surface area contributed by atoms with E-state index in [1.165, 1.54) is 13.8 Å². The van der Waals surface area contributed by atoms with Gasteiger partial charge in [0, 0.05) is 13.3 Å². The maximum atomic E-state index is 12.8. The molecule has 32 heavy (non-hydrogen) atoms. The number of carbonyl (C=O) groups is 5. The van der Waals surface area contributed by atoms with Gasteiger partial charge in [0.25, 0.3) is 5.97 Å². The molecule has 1 saturated heterocycles. The van der Waals surface area contributed by atoms with Crippen LogP contribution in [0, 0.1) is 5.92 Å². The van der Waals surface area contributed by atoms with Crippen LogP contribution in [0.4, 0.5) is 0 Å². The van der Waals surface area contributed by atoms with Crippen molar-refractivity contribution in [3.63, 3.8) is 0 Å². The molecule has 2 rings (SSSR count). The summed E-state index contributed by atoms with van der Waals surface area (Å²) >= 11 is 0. The lowest BCUT2D eigenvalue weighted by Gasteiger charge is -2.27. The fraction of sp³-hybridized carbons (Fsp3) is 0.737. The highest BCUT2D eigenvalue weighted by Gasteiger charge is 2.37. The fourth-order valence-electron chi connectivity index (χ4n) is 3.93. The Labute approximate surface area is 186 Å². The molecule has 1 aliphatic heterocycles. The molecule has 1 unspecified atom stereocenters. The second-order valence-electron chi connectivity index (χ2n) is 8.26. The topological polar surface area (TPSA) is 183 Å². The average molecular weight is 454 g/mol. The van der Waals surface area contributed by atoms with Crippen molar-refractivity contribution in [2.24, 2.45) is 5.92 Å². The molecule has 0 radical (unpaired) electrons. The largest absolute Gasteiger partial charge is 0.548 e. The van der Waals surface area contributed by atoms with Crippen LogP contribution in [0.2, 0.25) is 0 Å². The van der Waals surface area contributed by atoms with Crippen LogP contribution in [0.3, 0.4) is 0 Å². The highest BCUT2D eigenvalue weighted by atomic mass is 16.6. The summed E-state index contributed by atoms with van der Waals surface area (Å²) < 4.78 is 4.63. The van der Waals surface area contributed by atoms with E-state index in [2.05, 4.69) is 25.9 Å². The van der Waals surface area contributed by atoms with Crippen LogP contribution >= 0.6 is 0 Å². The number of carbonyl (C=O) groups excluding carboxylic acids is 5. The van der Waals surface area contributed by atoms with Gasteiger partial charge in [-0.05, 0) is 32.1 Å². The van der Waals surface area contributed by atoms with Crippen LogP contribution in [0.5, 0.6) is 0 Å². The summed E-state index contributed by atoms with van der Waals surface area (Å²) in [4.78, 5) is 60.0. The van der Waals surface area contributed by atoms with Crippen molar-refractivity contribution in [2.45, 2.75) is 76.5 Å². The normalized spacial score (nSPS) is 21.7. The van der Waals surface area contributed by atoms with Gasteiger partial charge >= 0.3 is 7.12 Å². The van der Waals surface area contributed by atoms with Gasteiger partial charge in [0.2, 0.25) is 23.6 Å². The van der Waals surface area contributed by atoms with Crippen molar-refractivity contribution < 1.29 is 38.8 Å². The zero-order valence-electron chi connectivity index (χ0n) is 18.3. The van der Waals surface area contributed by atoms with Gasteiger partial charge in [-0.25, -0.2) is 0 Å². The number of amides is 4. The van der Waals surface area contributed by atoms with E-state index < -0.39 is 61.5 Å². The van der Waals surface area contributed by atoms with E-state index in [0.29, 0.717) is 0 Å². The Morgan fingerprint density at radius 1 is 1.12 bits per heavy atom. The Morgan fingerprint density at radius 2 is 1.78 bits per heavy atom. The van der Waals surface area contributed by atoms with Crippen LogP contribution in [0.1, 0.15) is 52.4 Å². The molecule has 1 heterocycles. The van der Waals surface area contributed by atoms with Crippen molar-refractivity contribution in [1.29, 1.82) is 0 Å². The van der Waals surface area contributed by atoms with Crippen LogP contribution in [0.15, 0.2) is 0 Å². The Hall–Kier alpha value is -2.67. The molecule has 1 aliphatic carbocycles. The first kappa shape index (κ1) is 25.6. The van der Waals surface area contributed by atoms with E-state index in [1.54, 1.807) is 0 Å². The van der Waals surface area contributed by atoms with Crippen LogP contribution in [-0.2, 0) is 28.6 Å². The van der Waals surface area contributed by atoms with Gasteiger partial charge < -0.3 is 36.1 Å². The lowest BCUT2D eigenvalue weighted by molar-refractivity contribution is -0.138. The van der Waals surface area contributed by atoms with Gasteiger partial charge in [-0.3, -0.25) is 24.0 Å². The van der Waals surface area contributed by atoms with E-state index in [9.17, 15) is 34.1 Å². The lowest BCUT2D eigenvalue weighted by atomic mass is 9.74. The number of rotatable bonds is 9. The Kier molecular flexibility index (Phi) is 9.45. The molecule has 0 bridgehead atoms. The maximum absolute atomic E-state index is 12.8. The lowest BCUT2D eigenvalue weighted by Crippen LogP contribution is -2.59. The van der Waals surface area contributed by atoms with Crippen LogP contribution < -0.4 is 21.3 Å². The predicted molar refractivity (Wildman–Crippen MR) is 111 cm³/mol. The third-order valence-corrected chi connectivity index (χ3v) is 5.60. The molecule has 12 nitrogen and oxygen atoms in total. The number of hydrogen-bond acceptors (Lipinski definition) is 8. The van der Waals surface area contributed by atoms with Crippen molar-refractivity contribution in [3.05, 3.63) is 0 Å². The minimum absolute atomic E-state index is 0.0426. The highest BCUT2D eigenvalue weighted by molar-refractivity contribution is 6.48. The zero-order valence-corrected chi connectivity index (χ0v) is 18.3. The molecule has 0 aromatic rings. The molecule has 2 fully saturated rings. The SMILES string of the molecule is CC(=O)N[C@H](C(=O)N[C@H](C(=O)NCC(=O)N[C@H]1CCC(=O)OB1O)C(C)O)C1CCCC1. The Morgan fingerprint density at radius 3 is 2.34 bits per heavy atom. The first-order valence-electron chi connectivity index (χ1n) is 10.8. The molecule has 13 heteroatoms. The monoisotopic (exact) mass is 454 g/mol. The summed E-state index contributed by atoms with van der Waals surface area (Å²) in [6.07, 6.45) is 2.40. The average Bonchev–Trinajstić information content (AvgIpc) is 3.24. The van der Waals surface area contributed by atoms with Crippen molar-refractivity contribution >= 4 is 36.7 Å². The molecule has 0 aromatic carbocycles. The Balaban J connectivity index is 1.90. The Bertz CT molecular complexity index is 728. The molecular weight excluding hydrogens is 423 g/mol. The second-order valence-corrected chi connectivity index (χ2v) is 8.26. The van der Waals surface area contributed by atoms with Crippen molar-refractivity contribution in [1.82, 2.24) is 21.3 Å². The first-order chi connectivity index (χ1) is 15.1. The van der Waals surface area contributed by atoms with Crippen LogP contribution in [0.25, 0.3) is 0 Å².